The summed E-state index contributed by atoms with van der Waals surface area (Å²) in [6.45, 7) is 32.7. The summed E-state index contributed by atoms with van der Waals surface area (Å²) >= 11 is 0. The Labute approximate surface area is 211 Å². The maximum atomic E-state index is 5.01. The van der Waals surface area contributed by atoms with Gasteiger partial charge in [0, 0.05) is 13.1 Å². The van der Waals surface area contributed by atoms with E-state index in [2.05, 4.69) is 88.1 Å². The first-order valence-corrected chi connectivity index (χ1v) is 18.5. The summed E-state index contributed by atoms with van der Waals surface area (Å²) < 4.78 is 0. The van der Waals surface area contributed by atoms with E-state index in [4.69, 9.17) is 5.32 Å². The first kappa shape index (κ1) is 32.6. The molecule has 2 rings (SSSR count). The van der Waals surface area contributed by atoms with Crippen LogP contribution in [0.4, 0.5) is 0 Å². The van der Waals surface area contributed by atoms with E-state index in [9.17, 15) is 0 Å². The average molecular weight is 517 g/mol. The Bertz CT molecular complexity index is 369. The zero-order valence-corrected chi connectivity index (χ0v) is 26.2. The van der Waals surface area contributed by atoms with Gasteiger partial charge >= 0.3 is 32.7 Å². The molecule has 0 N–H and O–H groups in total. The van der Waals surface area contributed by atoms with E-state index in [1.165, 1.54) is 25.9 Å². The number of nitrogens with zero attached hydrogens (tertiary/aromatic N) is 4. The maximum Gasteiger partial charge on any atom is 3.00 e. The molecule has 170 valence electrons. The molecule has 0 amide bonds. The van der Waals surface area contributed by atoms with Crippen LogP contribution in [-0.2, 0) is 32.7 Å². The summed E-state index contributed by atoms with van der Waals surface area (Å²) in [5.41, 5.74) is 0.111. The van der Waals surface area contributed by atoms with Crippen molar-refractivity contribution in [1.29, 1.82) is 0 Å². The minimum absolute atomic E-state index is 0. The zero-order valence-electron chi connectivity index (χ0n) is 21.4. The third kappa shape index (κ3) is 23.9. The Morgan fingerprint density at radius 2 is 1.14 bits per heavy atom. The van der Waals surface area contributed by atoms with Crippen LogP contribution in [-0.4, -0.2) is 103 Å². The maximum absolute atomic E-state index is 5.01. The van der Waals surface area contributed by atoms with Gasteiger partial charge < -0.3 is 33.1 Å². The Hall–Kier alpha value is 1.38. The average Bonchev–Trinajstić information content (AvgIpc) is 2.90. The fourth-order valence-electron chi connectivity index (χ4n) is 3.28. The summed E-state index contributed by atoms with van der Waals surface area (Å²) in [7, 11) is 2.71. The van der Waals surface area contributed by atoms with Crippen LogP contribution in [0, 0.1) is 13.1 Å². The molecule has 0 bridgehead atoms. The van der Waals surface area contributed by atoms with Crippen molar-refractivity contribution in [2.45, 2.75) is 64.6 Å². The third-order valence-electron chi connectivity index (χ3n) is 4.19. The van der Waals surface area contributed by atoms with Crippen LogP contribution in [0.2, 0.25) is 39.3 Å². The van der Waals surface area contributed by atoms with Gasteiger partial charge in [-0.3, -0.25) is 0 Å². The Balaban J connectivity index is 0. The van der Waals surface area contributed by atoms with Crippen LogP contribution < -0.4 is 0 Å². The molecular formula is C22H51N4Si2Y. The quantitative estimate of drug-likeness (QED) is 0.407. The second kappa shape index (κ2) is 15.3. The first-order chi connectivity index (χ1) is 12.6. The standard InChI is InChI=1S/C14H29N4.2C4H11Si.Y/c1-14(12-16(2)10-11-17(3)13-14)15-6-9-18-7-4-5-8-18;2*1-5(2,3)4;/h4-13H2,1-3H3;2*1H2,2-4H3;/q3*-1;+3. The smallest absolute Gasteiger partial charge is 0.654 e. The molecule has 0 saturated carbocycles. The van der Waals surface area contributed by atoms with E-state index in [1.807, 2.05) is 0 Å². The fourth-order valence-corrected chi connectivity index (χ4v) is 3.28. The topological polar surface area (TPSA) is 23.8 Å². The number of hydrogen-bond acceptors (Lipinski definition) is 3. The zero-order chi connectivity index (χ0) is 22.0. The number of likely N-dealkylation sites (N-methyl/N-ethyl adjacent to an activating group) is 2. The van der Waals surface area contributed by atoms with E-state index in [0.717, 1.165) is 39.3 Å². The van der Waals surface area contributed by atoms with Crippen molar-refractivity contribution in [3.05, 3.63) is 18.4 Å². The van der Waals surface area contributed by atoms with Crippen molar-refractivity contribution in [3.8, 4) is 0 Å². The molecule has 0 radical (unpaired) electrons. The van der Waals surface area contributed by atoms with Crippen molar-refractivity contribution in [3.63, 3.8) is 0 Å². The van der Waals surface area contributed by atoms with E-state index in [-0.39, 0.29) is 38.2 Å². The molecule has 2 saturated heterocycles. The summed E-state index contributed by atoms with van der Waals surface area (Å²) in [6.07, 6.45) is 2.76. The van der Waals surface area contributed by atoms with Crippen LogP contribution >= 0.6 is 0 Å². The third-order valence-corrected chi connectivity index (χ3v) is 4.19. The number of likely N-dealkylation sites (tertiary alicyclic amines) is 1. The van der Waals surface area contributed by atoms with Gasteiger partial charge in [-0.1, -0.05) is 46.2 Å². The second-order valence-corrected chi connectivity index (χ2v) is 21.8. The second-order valence-electron chi connectivity index (χ2n) is 11.5. The molecule has 2 aliphatic rings. The molecule has 0 aromatic carbocycles. The summed E-state index contributed by atoms with van der Waals surface area (Å²) in [5.74, 6) is 0. The van der Waals surface area contributed by atoms with E-state index in [1.54, 1.807) is 0 Å². The van der Waals surface area contributed by atoms with E-state index in [0.29, 0.717) is 0 Å². The molecule has 0 atom stereocenters. The number of hydrogen-bond donors (Lipinski definition) is 0. The minimum Gasteiger partial charge on any atom is -0.654 e. The van der Waals surface area contributed by atoms with Gasteiger partial charge in [0.05, 0.1) is 0 Å². The largest absolute Gasteiger partial charge is 3.00 e. The van der Waals surface area contributed by atoms with Gasteiger partial charge in [-0.25, -0.2) is 0 Å². The van der Waals surface area contributed by atoms with Crippen molar-refractivity contribution >= 4 is 16.1 Å². The van der Waals surface area contributed by atoms with Crippen molar-refractivity contribution in [2.24, 2.45) is 0 Å². The Kier molecular flexibility index (Phi) is 17.1. The first-order valence-electron chi connectivity index (χ1n) is 11.1. The van der Waals surface area contributed by atoms with Crippen molar-refractivity contribution in [1.82, 2.24) is 14.7 Å². The van der Waals surface area contributed by atoms with E-state index < -0.39 is 16.1 Å². The summed E-state index contributed by atoms with van der Waals surface area (Å²) in [6, 6.07) is 0. The van der Waals surface area contributed by atoms with Gasteiger partial charge in [0.2, 0.25) is 0 Å². The molecule has 0 aromatic rings. The van der Waals surface area contributed by atoms with Gasteiger partial charge in [-0.05, 0) is 59.7 Å². The van der Waals surface area contributed by atoms with Crippen LogP contribution in [0.5, 0.6) is 0 Å². The fraction of sp³-hybridized carbons (Fsp3) is 0.909. The molecule has 0 aliphatic carbocycles. The van der Waals surface area contributed by atoms with Crippen LogP contribution in [0.1, 0.15) is 19.8 Å². The number of rotatable bonds is 4. The molecule has 2 fully saturated rings. The molecule has 0 unspecified atom stereocenters. The monoisotopic (exact) mass is 516 g/mol. The molecule has 2 heterocycles. The minimum atomic E-state index is -0.861. The molecule has 0 spiro atoms. The SMILES string of the molecule is CN1CCN(C)CC(C)([N-]CCN2CCCC2)C1.[CH2-][Si](C)(C)C.[CH2-][Si](C)(C)C.[Y+3]. The van der Waals surface area contributed by atoms with Crippen LogP contribution in [0.25, 0.3) is 5.32 Å². The van der Waals surface area contributed by atoms with E-state index >= 15 is 0 Å². The van der Waals surface area contributed by atoms with Gasteiger partial charge in [-0.2, -0.15) is 0 Å². The molecule has 0 aromatic heterocycles. The molecular weight excluding hydrogens is 465 g/mol. The van der Waals surface area contributed by atoms with Gasteiger partial charge in [0.1, 0.15) is 0 Å². The Morgan fingerprint density at radius 1 is 0.793 bits per heavy atom. The Morgan fingerprint density at radius 3 is 1.48 bits per heavy atom. The predicted octanol–water partition coefficient (Wildman–Crippen LogP) is 4.49. The normalized spacial score (nSPS) is 21.2. The molecule has 29 heavy (non-hydrogen) atoms. The van der Waals surface area contributed by atoms with Crippen LogP contribution in [0.15, 0.2) is 0 Å². The van der Waals surface area contributed by atoms with Crippen molar-refractivity contribution in [2.75, 3.05) is 66.5 Å². The molecule has 2 aliphatic heterocycles. The molecule has 4 nitrogen and oxygen atoms in total. The summed E-state index contributed by atoms with van der Waals surface area (Å²) in [4.78, 5) is 7.39. The predicted molar refractivity (Wildman–Crippen MR) is 135 cm³/mol. The van der Waals surface area contributed by atoms with Gasteiger partial charge in [-0.15, -0.1) is 28.2 Å². The molecule has 7 heteroatoms. The van der Waals surface area contributed by atoms with Crippen molar-refractivity contribution < 1.29 is 32.7 Å². The van der Waals surface area contributed by atoms with Crippen LogP contribution in [0.3, 0.4) is 0 Å². The summed E-state index contributed by atoms with van der Waals surface area (Å²) in [5, 5.41) is 5.01. The van der Waals surface area contributed by atoms with Gasteiger partial charge in [0.15, 0.2) is 0 Å². The van der Waals surface area contributed by atoms with Gasteiger partial charge in [0.25, 0.3) is 0 Å².